The molecule has 2 atom stereocenters. The Labute approximate surface area is 109 Å². The van der Waals surface area contributed by atoms with Crippen molar-refractivity contribution in [3.05, 3.63) is 58.9 Å². The van der Waals surface area contributed by atoms with Crippen molar-refractivity contribution >= 4 is 10.9 Å². The standard InChI is InChI=1S/C16H23S/c1-5-7-11-15(6-2)17(14(3)4)16-12-9-8-10-13-16/h5-10,12,16H,3,11,13H2,1-2,4H3/q+1/b7-5-,15-6+. The summed E-state index contributed by atoms with van der Waals surface area (Å²) in [5, 5.41) is 0.606. The van der Waals surface area contributed by atoms with E-state index in [2.05, 4.69) is 69.9 Å². The van der Waals surface area contributed by atoms with Gasteiger partial charge in [-0.2, -0.15) is 0 Å². The highest BCUT2D eigenvalue weighted by Gasteiger charge is 2.33. The van der Waals surface area contributed by atoms with Crippen molar-refractivity contribution < 1.29 is 0 Å². The predicted molar refractivity (Wildman–Crippen MR) is 82.1 cm³/mol. The van der Waals surface area contributed by atoms with Gasteiger partial charge in [-0.3, -0.25) is 0 Å². The van der Waals surface area contributed by atoms with Crippen LogP contribution in [0.25, 0.3) is 0 Å². The molecular formula is C16H23S+. The first-order valence-corrected chi connectivity index (χ1v) is 7.47. The summed E-state index contributed by atoms with van der Waals surface area (Å²) in [6.07, 6.45) is 17.7. The van der Waals surface area contributed by atoms with Crippen molar-refractivity contribution in [2.75, 3.05) is 0 Å². The van der Waals surface area contributed by atoms with Gasteiger partial charge in [0.1, 0.15) is 15.1 Å². The van der Waals surface area contributed by atoms with Crippen molar-refractivity contribution in [2.24, 2.45) is 0 Å². The van der Waals surface area contributed by atoms with E-state index >= 15 is 0 Å². The maximum absolute atomic E-state index is 4.20. The zero-order chi connectivity index (χ0) is 12.7. The lowest BCUT2D eigenvalue weighted by molar-refractivity contribution is 1.04. The Hall–Kier alpha value is -0.950. The van der Waals surface area contributed by atoms with Crippen LogP contribution in [-0.2, 0) is 10.9 Å². The van der Waals surface area contributed by atoms with Crippen LogP contribution in [0.3, 0.4) is 0 Å². The molecule has 0 saturated carbocycles. The smallest absolute Gasteiger partial charge is 0.0912 e. The van der Waals surface area contributed by atoms with Crippen LogP contribution >= 0.6 is 0 Å². The van der Waals surface area contributed by atoms with Crippen molar-refractivity contribution in [3.8, 4) is 0 Å². The van der Waals surface area contributed by atoms with E-state index in [9.17, 15) is 0 Å². The largest absolute Gasteiger partial charge is 0.150 e. The second-order valence-corrected chi connectivity index (χ2v) is 6.66. The van der Waals surface area contributed by atoms with Crippen LogP contribution in [-0.4, -0.2) is 5.25 Å². The fourth-order valence-corrected chi connectivity index (χ4v) is 4.41. The summed E-state index contributed by atoms with van der Waals surface area (Å²) >= 11 is 0. The third-order valence-electron chi connectivity index (χ3n) is 2.78. The van der Waals surface area contributed by atoms with Gasteiger partial charge in [-0.1, -0.05) is 30.4 Å². The van der Waals surface area contributed by atoms with Gasteiger partial charge in [0, 0.05) is 19.8 Å². The van der Waals surface area contributed by atoms with Crippen LogP contribution in [0.4, 0.5) is 0 Å². The molecule has 0 spiro atoms. The summed E-state index contributed by atoms with van der Waals surface area (Å²) in [4.78, 5) is 2.81. The third kappa shape index (κ3) is 4.08. The van der Waals surface area contributed by atoms with E-state index in [0.717, 1.165) is 12.8 Å². The van der Waals surface area contributed by atoms with Crippen LogP contribution < -0.4 is 0 Å². The Bertz CT molecular complexity index is 369. The highest BCUT2D eigenvalue weighted by Crippen LogP contribution is 2.30. The second kappa shape index (κ2) is 7.39. The van der Waals surface area contributed by atoms with Gasteiger partial charge in [-0.25, -0.2) is 0 Å². The zero-order valence-electron chi connectivity index (χ0n) is 11.1. The molecule has 0 aromatic rings. The molecule has 0 bridgehead atoms. The average molecular weight is 247 g/mol. The lowest BCUT2D eigenvalue weighted by atomic mass is 10.2. The van der Waals surface area contributed by atoms with Crippen molar-refractivity contribution in [2.45, 2.75) is 38.9 Å². The van der Waals surface area contributed by atoms with Crippen molar-refractivity contribution in [3.63, 3.8) is 0 Å². The Morgan fingerprint density at radius 1 is 1.41 bits per heavy atom. The second-order valence-electron chi connectivity index (χ2n) is 4.16. The SMILES string of the molecule is C=C(C)[S+](/C(=C/C)C/C=C\C)C1C=CC=CC1. The molecule has 0 amide bonds. The van der Waals surface area contributed by atoms with E-state index in [1.54, 1.807) is 0 Å². The first kappa shape index (κ1) is 14.1. The van der Waals surface area contributed by atoms with E-state index < -0.39 is 0 Å². The molecule has 2 unspecified atom stereocenters. The third-order valence-corrected chi connectivity index (χ3v) is 5.45. The Balaban J connectivity index is 2.87. The minimum absolute atomic E-state index is 0.175. The normalized spacial score (nSPS) is 22.1. The molecule has 0 nitrogen and oxygen atoms in total. The molecule has 0 fully saturated rings. The summed E-state index contributed by atoms with van der Waals surface area (Å²) in [6, 6.07) is 0. The lowest BCUT2D eigenvalue weighted by Crippen LogP contribution is -2.22. The minimum atomic E-state index is 0.175. The Morgan fingerprint density at radius 2 is 2.18 bits per heavy atom. The molecule has 92 valence electrons. The average Bonchev–Trinajstić information content (AvgIpc) is 2.35. The number of allylic oxidation sites excluding steroid dienone is 8. The van der Waals surface area contributed by atoms with Crippen LogP contribution in [0.1, 0.15) is 33.6 Å². The summed E-state index contributed by atoms with van der Waals surface area (Å²) in [7, 11) is 0.175. The first-order chi connectivity index (χ1) is 8.20. The number of rotatable bonds is 5. The van der Waals surface area contributed by atoms with E-state index in [4.69, 9.17) is 0 Å². The highest BCUT2D eigenvalue weighted by molar-refractivity contribution is 8.04. The van der Waals surface area contributed by atoms with Crippen LogP contribution in [0.2, 0.25) is 0 Å². The molecule has 0 saturated heterocycles. The van der Waals surface area contributed by atoms with Crippen LogP contribution in [0.5, 0.6) is 0 Å². The number of hydrogen-bond acceptors (Lipinski definition) is 0. The van der Waals surface area contributed by atoms with Gasteiger partial charge in [-0.15, -0.1) is 0 Å². The molecule has 0 heterocycles. The van der Waals surface area contributed by atoms with E-state index in [0.29, 0.717) is 5.25 Å². The van der Waals surface area contributed by atoms with Gasteiger partial charge in [0.15, 0.2) is 0 Å². The molecule has 0 radical (unpaired) electrons. The van der Waals surface area contributed by atoms with E-state index in [-0.39, 0.29) is 10.9 Å². The van der Waals surface area contributed by atoms with Crippen molar-refractivity contribution in [1.29, 1.82) is 0 Å². The summed E-state index contributed by atoms with van der Waals surface area (Å²) < 4.78 is 0. The Kier molecular flexibility index (Phi) is 6.13. The van der Waals surface area contributed by atoms with E-state index in [1.165, 1.54) is 9.81 Å². The fourth-order valence-electron chi connectivity index (χ4n) is 1.98. The van der Waals surface area contributed by atoms with Gasteiger partial charge in [-0.05, 0) is 32.6 Å². The van der Waals surface area contributed by atoms with Crippen LogP contribution in [0, 0.1) is 0 Å². The Morgan fingerprint density at radius 3 is 2.65 bits per heavy atom. The number of hydrogen-bond donors (Lipinski definition) is 0. The first-order valence-electron chi connectivity index (χ1n) is 6.19. The minimum Gasteiger partial charge on any atom is -0.0912 e. The topological polar surface area (TPSA) is 0 Å². The van der Waals surface area contributed by atoms with Gasteiger partial charge in [0.25, 0.3) is 0 Å². The summed E-state index contributed by atoms with van der Waals surface area (Å²) in [5.41, 5.74) is 0. The monoisotopic (exact) mass is 247 g/mol. The quantitative estimate of drug-likeness (QED) is 0.479. The highest BCUT2D eigenvalue weighted by atomic mass is 32.2. The zero-order valence-corrected chi connectivity index (χ0v) is 12.0. The molecule has 1 heteroatoms. The van der Waals surface area contributed by atoms with Crippen molar-refractivity contribution in [1.82, 2.24) is 0 Å². The molecule has 1 rings (SSSR count). The molecule has 1 aliphatic rings. The van der Waals surface area contributed by atoms with E-state index in [1.807, 2.05) is 0 Å². The van der Waals surface area contributed by atoms with Gasteiger partial charge in [0.2, 0.25) is 0 Å². The molecule has 1 aliphatic carbocycles. The molecular weight excluding hydrogens is 224 g/mol. The maximum Gasteiger partial charge on any atom is 0.150 e. The van der Waals surface area contributed by atoms with Crippen LogP contribution in [0.15, 0.2) is 58.9 Å². The maximum atomic E-state index is 4.20. The molecule has 17 heavy (non-hydrogen) atoms. The molecule has 0 N–H and O–H groups in total. The lowest BCUT2D eigenvalue weighted by Gasteiger charge is -2.17. The molecule has 0 aromatic carbocycles. The molecule has 0 aliphatic heterocycles. The van der Waals surface area contributed by atoms with Gasteiger partial charge >= 0.3 is 0 Å². The summed E-state index contributed by atoms with van der Waals surface area (Å²) in [6.45, 7) is 10.6. The predicted octanol–water partition coefficient (Wildman–Crippen LogP) is 4.89. The molecule has 0 aromatic heterocycles. The van der Waals surface area contributed by atoms with Gasteiger partial charge < -0.3 is 0 Å². The summed E-state index contributed by atoms with van der Waals surface area (Å²) in [5.74, 6) is 0. The van der Waals surface area contributed by atoms with Gasteiger partial charge in [0.05, 0.1) is 10.9 Å². The fraction of sp³-hybridized carbons (Fsp3) is 0.375.